The monoisotopic (exact) mass is 295 g/mol. The number of hydrogen-bond acceptors (Lipinski definition) is 4. The van der Waals surface area contributed by atoms with Crippen LogP contribution in [0.1, 0.15) is 40.7 Å². The number of rotatable bonds is 4. The van der Waals surface area contributed by atoms with Gasteiger partial charge < -0.3 is 9.15 Å². The minimum absolute atomic E-state index is 0.00504. The Kier molecular flexibility index (Phi) is 4.35. The Morgan fingerprint density at radius 3 is 2.71 bits per heavy atom. The molecule has 0 atom stereocenters. The number of halogens is 2. The van der Waals surface area contributed by atoms with Crippen LogP contribution in [0.3, 0.4) is 0 Å². The summed E-state index contributed by atoms with van der Waals surface area (Å²) >= 11 is 0. The van der Waals surface area contributed by atoms with Crippen LogP contribution < -0.4 is 0 Å². The third-order valence-corrected chi connectivity index (χ3v) is 2.94. The Hall–Kier alpha value is -2.24. The molecule has 0 aliphatic carbocycles. The molecule has 0 unspecified atom stereocenters. The van der Waals surface area contributed by atoms with Crippen molar-refractivity contribution in [3.05, 3.63) is 40.8 Å². The van der Waals surface area contributed by atoms with Gasteiger partial charge in [0.15, 0.2) is 5.69 Å². The number of aromatic nitrogens is 1. The van der Waals surface area contributed by atoms with Gasteiger partial charge in [-0.2, -0.15) is 0 Å². The molecule has 1 heterocycles. The summed E-state index contributed by atoms with van der Waals surface area (Å²) in [6.07, 6.45) is -2.91. The molecule has 21 heavy (non-hydrogen) atoms. The van der Waals surface area contributed by atoms with Gasteiger partial charge in [0, 0.05) is 5.56 Å². The summed E-state index contributed by atoms with van der Waals surface area (Å²) < 4.78 is 36.0. The van der Waals surface area contributed by atoms with E-state index in [2.05, 4.69) is 4.98 Å². The van der Waals surface area contributed by atoms with E-state index in [1.807, 2.05) is 26.0 Å². The second-order valence-corrected chi connectivity index (χ2v) is 4.57. The van der Waals surface area contributed by atoms with Gasteiger partial charge in [-0.15, -0.1) is 0 Å². The molecule has 0 bridgehead atoms. The van der Waals surface area contributed by atoms with Crippen LogP contribution in [0, 0.1) is 13.8 Å². The van der Waals surface area contributed by atoms with E-state index in [-0.39, 0.29) is 12.5 Å². The third-order valence-electron chi connectivity index (χ3n) is 2.94. The highest BCUT2D eigenvalue weighted by molar-refractivity contribution is 5.88. The smallest absolute Gasteiger partial charge is 0.376 e. The zero-order chi connectivity index (χ0) is 15.6. The van der Waals surface area contributed by atoms with Crippen molar-refractivity contribution < 1.29 is 22.7 Å². The van der Waals surface area contributed by atoms with Crippen molar-refractivity contribution in [1.29, 1.82) is 0 Å². The van der Waals surface area contributed by atoms with E-state index in [1.165, 1.54) is 0 Å². The van der Waals surface area contributed by atoms with E-state index in [9.17, 15) is 13.6 Å². The number of aryl methyl sites for hydroxylation is 2. The number of nitrogens with zero attached hydrogens (tertiary/aromatic N) is 1. The van der Waals surface area contributed by atoms with Crippen molar-refractivity contribution >= 4 is 5.97 Å². The van der Waals surface area contributed by atoms with Gasteiger partial charge in [-0.3, -0.25) is 0 Å². The van der Waals surface area contributed by atoms with Crippen LogP contribution in [-0.2, 0) is 4.74 Å². The van der Waals surface area contributed by atoms with Gasteiger partial charge in [0.2, 0.25) is 11.7 Å². The Morgan fingerprint density at radius 2 is 2.10 bits per heavy atom. The molecule has 0 spiro atoms. The van der Waals surface area contributed by atoms with Crippen LogP contribution >= 0.6 is 0 Å². The fourth-order valence-electron chi connectivity index (χ4n) is 1.90. The molecule has 0 aliphatic heterocycles. The summed E-state index contributed by atoms with van der Waals surface area (Å²) in [6.45, 7) is 5.33. The average molecular weight is 295 g/mol. The topological polar surface area (TPSA) is 52.3 Å². The standard InChI is InChI=1S/C15H15F2NO3/c1-4-20-15(19)12-11(13(16)17)18-14(21-12)10-7-8(2)5-6-9(10)3/h5-7,13H,4H2,1-3H3. The number of oxazole rings is 1. The number of hydrogen-bond donors (Lipinski definition) is 0. The summed E-state index contributed by atoms with van der Waals surface area (Å²) in [4.78, 5) is 15.4. The zero-order valence-electron chi connectivity index (χ0n) is 11.9. The van der Waals surface area contributed by atoms with Gasteiger partial charge in [-0.05, 0) is 32.4 Å². The minimum atomic E-state index is -2.91. The summed E-state index contributed by atoms with van der Waals surface area (Å²) in [6, 6.07) is 5.49. The highest BCUT2D eigenvalue weighted by Crippen LogP contribution is 2.30. The molecule has 112 valence electrons. The Bertz CT molecular complexity index is 665. The Labute approximate surface area is 120 Å². The summed E-state index contributed by atoms with van der Waals surface area (Å²) in [5.41, 5.74) is 1.64. The maximum absolute atomic E-state index is 13.0. The van der Waals surface area contributed by atoms with Crippen LogP contribution in [0.25, 0.3) is 11.5 Å². The van der Waals surface area contributed by atoms with E-state index < -0.39 is 23.8 Å². The number of benzene rings is 1. The third kappa shape index (κ3) is 3.09. The zero-order valence-corrected chi connectivity index (χ0v) is 11.9. The molecular formula is C15H15F2NO3. The lowest BCUT2D eigenvalue weighted by molar-refractivity contribution is 0.0476. The van der Waals surface area contributed by atoms with Gasteiger partial charge in [0.25, 0.3) is 6.43 Å². The molecule has 0 amide bonds. The molecule has 0 aliphatic rings. The van der Waals surface area contributed by atoms with Crippen molar-refractivity contribution in [2.24, 2.45) is 0 Å². The molecule has 2 rings (SSSR count). The van der Waals surface area contributed by atoms with Crippen LogP contribution in [-0.4, -0.2) is 17.6 Å². The van der Waals surface area contributed by atoms with Gasteiger partial charge in [0.05, 0.1) is 6.61 Å². The maximum atomic E-state index is 13.0. The second-order valence-electron chi connectivity index (χ2n) is 4.57. The SMILES string of the molecule is CCOC(=O)c1oc(-c2cc(C)ccc2C)nc1C(F)F. The summed E-state index contributed by atoms with van der Waals surface area (Å²) in [7, 11) is 0. The second kappa shape index (κ2) is 6.03. The van der Waals surface area contributed by atoms with Gasteiger partial charge in [0.1, 0.15) is 0 Å². The quantitative estimate of drug-likeness (QED) is 0.798. The molecule has 4 nitrogen and oxygen atoms in total. The lowest BCUT2D eigenvalue weighted by Gasteiger charge is -2.02. The maximum Gasteiger partial charge on any atom is 0.376 e. The first kappa shape index (κ1) is 15.2. The molecule has 0 N–H and O–H groups in total. The number of esters is 1. The van der Waals surface area contributed by atoms with Gasteiger partial charge in [-0.25, -0.2) is 18.6 Å². The Morgan fingerprint density at radius 1 is 1.38 bits per heavy atom. The number of alkyl halides is 2. The fourth-order valence-corrected chi connectivity index (χ4v) is 1.90. The number of carbonyl (C=O) groups is 1. The van der Waals surface area contributed by atoms with Crippen molar-refractivity contribution in [3.8, 4) is 11.5 Å². The highest BCUT2D eigenvalue weighted by Gasteiger charge is 2.28. The Balaban J connectivity index is 2.53. The normalized spacial score (nSPS) is 11.0. The summed E-state index contributed by atoms with van der Waals surface area (Å²) in [5, 5.41) is 0. The van der Waals surface area contributed by atoms with Crippen LogP contribution in [0.2, 0.25) is 0 Å². The van der Waals surface area contributed by atoms with E-state index in [1.54, 1.807) is 13.0 Å². The number of ether oxygens (including phenoxy) is 1. The number of carbonyl (C=O) groups excluding carboxylic acids is 1. The van der Waals surface area contributed by atoms with Gasteiger partial charge >= 0.3 is 5.97 Å². The predicted molar refractivity (Wildman–Crippen MR) is 72.3 cm³/mol. The van der Waals surface area contributed by atoms with Crippen LogP contribution in [0.15, 0.2) is 22.6 Å². The molecule has 0 fully saturated rings. The molecule has 6 heteroatoms. The first-order valence-corrected chi connectivity index (χ1v) is 6.47. The molecular weight excluding hydrogens is 280 g/mol. The first-order chi connectivity index (χ1) is 9.93. The molecule has 1 aromatic carbocycles. The van der Waals surface area contributed by atoms with E-state index >= 15 is 0 Å². The lowest BCUT2D eigenvalue weighted by Crippen LogP contribution is -2.06. The van der Waals surface area contributed by atoms with E-state index in [0.29, 0.717) is 5.56 Å². The van der Waals surface area contributed by atoms with Crippen molar-refractivity contribution in [3.63, 3.8) is 0 Å². The molecule has 0 radical (unpaired) electrons. The van der Waals surface area contributed by atoms with E-state index in [0.717, 1.165) is 11.1 Å². The average Bonchev–Trinajstić information content (AvgIpc) is 2.87. The van der Waals surface area contributed by atoms with Crippen molar-refractivity contribution in [2.45, 2.75) is 27.2 Å². The van der Waals surface area contributed by atoms with Crippen LogP contribution in [0.5, 0.6) is 0 Å². The van der Waals surface area contributed by atoms with Gasteiger partial charge in [-0.1, -0.05) is 17.7 Å². The minimum Gasteiger partial charge on any atom is -0.460 e. The van der Waals surface area contributed by atoms with E-state index in [4.69, 9.17) is 9.15 Å². The largest absolute Gasteiger partial charge is 0.460 e. The lowest BCUT2D eigenvalue weighted by atomic mass is 10.1. The predicted octanol–water partition coefficient (Wildman–Crippen LogP) is 4.07. The molecule has 0 saturated heterocycles. The first-order valence-electron chi connectivity index (χ1n) is 6.47. The van der Waals surface area contributed by atoms with Crippen LogP contribution in [0.4, 0.5) is 8.78 Å². The van der Waals surface area contributed by atoms with Crippen molar-refractivity contribution in [2.75, 3.05) is 6.61 Å². The molecule has 2 aromatic rings. The molecule has 0 saturated carbocycles. The molecule has 1 aromatic heterocycles. The highest BCUT2D eigenvalue weighted by atomic mass is 19.3. The van der Waals surface area contributed by atoms with Crippen molar-refractivity contribution in [1.82, 2.24) is 4.98 Å². The fraction of sp³-hybridized carbons (Fsp3) is 0.333. The summed E-state index contributed by atoms with van der Waals surface area (Å²) in [5.74, 6) is -1.48.